The summed E-state index contributed by atoms with van der Waals surface area (Å²) in [5.41, 5.74) is 2.95. The van der Waals surface area contributed by atoms with Gasteiger partial charge in [0.1, 0.15) is 5.65 Å². The van der Waals surface area contributed by atoms with Gasteiger partial charge in [-0.25, -0.2) is 15.0 Å². The van der Waals surface area contributed by atoms with E-state index >= 15 is 0 Å². The Morgan fingerprint density at radius 1 is 1.00 bits per heavy atom. The highest BCUT2D eigenvalue weighted by atomic mass is 127. The summed E-state index contributed by atoms with van der Waals surface area (Å²) in [5, 5.41) is 1.13. The van der Waals surface area contributed by atoms with Gasteiger partial charge in [0, 0.05) is 71.0 Å². The molecule has 6 nitrogen and oxygen atoms in total. The first kappa shape index (κ1) is 14.8. The van der Waals surface area contributed by atoms with Crippen molar-refractivity contribution in [2.75, 3.05) is 38.1 Å². The SMILES string of the molecule is CN1CCN(c2ncc(-c3cnc4[nH]cc(I)c4c3)cn2)CC1. The van der Waals surface area contributed by atoms with Crippen molar-refractivity contribution in [1.29, 1.82) is 0 Å². The molecule has 1 saturated heterocycles. The summed E-state index contributed by atoms with van der Waals surface area (Å²) in [6.07, 6.45) is 7.62. The van der Waals surface area contributed by atoms with Crippen LogP contribution in [0, 0.1) is 3.57 Å². The van der Waals surface area contributed by atoms with Gasteiger partial charge < -0.3 is 14.8 Å². The number of hydrogen-bond acceptors (Lipinski definition) is 5. The maximum Gasteiger partial charge on any atom is 0.225 e. The van der Waals surface area contributed by atoms with Crippen molar-refractivity contribution < 1.29 is 0 Å². The molecule has 4 heterocycles. The van der Waals surface area contributed by atoms with Gasteiger partial charge in [-0.15, -0.1) is 0 Å². The van der Waals surface area contributed by atoms with Crippen LogP contribution in [0.25, 0.3) is 22.2 Å². The van der Waals surface area contributed by atoms with Crippen molar-refractivity contribution in [3.05, 3.63) is 34.4 Å². The number of rotatable bonds is 2. The Morgan fingerprint density at radius 3 is 2.43 bits per heavy atom. The first-order valence-corrected chi connectivity index (χ1v) is 8.67. The van der Waals surface area contributed by atoms with Crippen LogP contribution in [-0.2, 0) is 0 Å². The third kappa shape index (κ3) is 2.90. The zero-order chi connectivity index (χ0) is 15.8. The quantitative estimate of drug-likeness (QED) is 0.646. The number of nitrogens with one attached hydrogen (secondary N) is 1. The molecule has 23 heavy (non-hydrogen) atoms. The Hall–Kier alpha value is -1.74. The monoisotopic (exact) mass is 420 g/mol. The fourth-order valence-corrected chi connectivity index (χ4v) is 3.34. The van der Waals surface area contributed by atoms with Gasteiger partial charge in [0.2, 0.25) is 5.95 Å². The van der Waals surface area contributed by atoms with E-state index in [1.807, 2.05) is 24.8 Å². The van der Waals surface area contributed by atoms with E-state index in [0.717, 1.165) is 54.3 Å². The third-order valence-electron chi connectivity index (χ3n) is 4.24. The van der Waals surface area contributed by atoms with E-state index in [-0.39, 0.29) is 0 Å². The van der Waals surface area contributed by atoms with E-state index in [9.17, 15) is 0 Å². The van der Waals surface area contributed by atoms with Gasteiger partial charge in [0.15, 0.2) is 0 Å². The molecule has 4 rings (SSSR count). The fourth-order valence-electron chi connectivity index (χ4n) is 2.77. The van der Waals surface area contributed by atoms with Gasteiger partial charge in [0.05, 0.1) is 0 Å². The van der Waals surface area contributed by atoms with Gasteiger partial charge in [0.25, 0.3) is 0 Å². The second-order valence-corrected chi connectivity index (χ2v) is 6.98. The number of anilines is 1. The van der Waals surface area contributed by atoms with Crippen LogP contribution in [0.2, 0.25) is 0 Å². The molecule has 3 aromatic heterocycles. The summed E-state index contributed by atoms with van der Waals surface area (Å²) in [7, 11) is 2.15. The molecule has 0 spiro atoms. The molecule has 0 bridgehead atoms. The summed E-state index contributed by atoms with van der Waals surface area (Å²) in [6, 6.07) is 2.13. The van der Waals surface area contributed by atoms with E-state index in [1.165, 1.54) is 3.57 Å². The minimum absolute atomic E-state index is 0.812. The maximum atomic E-state index is 4.55. The minimum Gasteiger partial charge on any atom is -0.345 e. The van der Waals surface area contributed by atoms with Crippen LogP contribution in [0.3, 0.4) is 0 Å². The van der Waals surface area contributed by atoms with Crippen molar-refractivity contribution in [2.24, 2.45) is 0 Å². The number of nitrogens with zero attached hydrogens (tertiary/aromatic N) is 5. The number of halogens is 1. The molecule has 1 aliphatic rings. The molecule has 1 aliphatic heterocycles. The number of H-pyrrole nitrogens is 1. The van der Waals surface area contributed by atoms with Crippen LogP contribution >= 0.6 is 22.6 Å². The van der Waals surface area contributed by atoms with Crippen molar-refractivity contribution in [3.63, 3.8) is 0 Å². The lowest BCUT2D eigenvalue weighted by atomic mass is 10.1. The Kier molecular flexibility index (Phi) is 3.90. The first-order valence-electron chi connectivity index (χ1n) is 7.59. The third-order valence-corrected chi connectivity index (χ3v) is 5.13. The first-order chi connectivity index (χ1) is 11.2. The Bertz CT molecular complexity index is 820. The lowest BCUT2D eigenvalue weighted by Crippen LogP contribution is -2.45. The van der Waals surface area contributed by atoms with Gasteiger partial charge in [-0.05, 0) is 35.7 Å². The topological polar surface area (TPSA) is 60.9 Å². The number of piperazine rings is 1. The highest BCUT2D eigenvalue weighted by Gasteiger charge is 2.16. The number of aromatic nitrogens is 4. The van der Waals surface area contributed by atoms with E-state index in [1.54, 1.807) is 0 Å². The van der Waals surface area contributed by atoms with Gasteiger partial charge in [-0.1, -0.05) is 0 Å². The van der Waals surface area contributed by atoms with Crippen LogP contribution in [0.1, 0.15) is 0 Å². The minimum atomic E-state index is 0.812. The molecule has 0 amide bonds. The van der Waals surface area contributed by atoms with E-state index in [2.05, 4.69) is 65.4 Å². The number of pyridine rings is 1. The average molecular weight is 420 g/mol. The molecule has 3 aromatic rings. The van der Waals surface area contributed by atoms with Crippen molar-refractivity contribution >= 4 is 39.6 Å². The second-order valence-electron chi connectivity index (χ2n) is 5.82. The second kappa shape index (κ2) is 6.04. The Labute approximate surface area is 148 Å². The molecular weight excluding hydrogens is 403 g/mol. The van der Waals surface area contributed by atoms with Gasteiger partial charge in [-0.2, -0.15) is 0 Å². The Morgan fingerprint density at radius 2 is 1.70 bits per heavy atom. The zero-order valence-electron chi connectivity index (χ0n) is 12.8. The summed E-state index contributed by atoms with van der Waals surface area (Å²) in [6.45, 7) is 4.06. The molecule has 0 aromatic carbocycles. The summed E-state index contributed by atoms with van der Waals surface area (Å²) < 4.78 is 1.17. The number of likely N-dealkylation sites (N-methyl/N-ethyl adjacent to an activating group) is 1. The smallest absolute Gasteiger partial charge is 0.225 e. The summed E-state index contributed by atoms with van der Waals surface area (Å²) in [5.74, 6) is 0.812. The number of fused-ring (bicyclic) bond motifs is 1. The largest absolute Gasteiger partial charge is 0.345 e. The molecule has 1 fully saturated rings. The molecule has 0 radical (unpaired) electrons. The molecule has 0 aliphatic carbocycles. The van der Waals surface area contributed by atoms with E-state index < -0.39 is 0 Å². The van der Waals surface area contributed by atoms with Crippen molar-refractivity contribution in [1.82, 2.24) is 24.8 Å². The van der Waals surface area contributed by atoms with E-state index in [0.29, 0.717) is 0 Å². The molecule has 0 atom stereocenters. The Balaban J connectivity index is 1.60. The standard InChI is InChI=1S/C16H17IN6/c1-22-2-4-23(5-3-22)16-20-8-12(9-21-16)11-6-13-14(17)10-19-15(13)18-7-11/h6-10H,2-5H2,1H3,(H,18,19). The highest BCUT2D eigenvalue weighted by molar-refractivity contribution is 14.1. The van der Waals surface area contributed by atoms with Crippen molar-refractivity contribution in [3.8, 4) is 11.1 Å². The van der Waals surface area contributed by atoms with Gasteiger partial charge >= 0.3 is 0 Å². The summed E-state index contributed by atoms with van der Waals surface area (Å²) in [4.78, 5) is 21.3. The molecule has 7 heteroatoms. The number of aromatic amines is 1. The van der Waals surface area contributed by atoms with Crippen LogP contribution < -0.4 is 4.90 Å². The van der Waals surface area contributed by atoms with Crippen molar-refractivity contribution in [2.45, 2.75) is 0 Å². The molecule has 118 valence electrons. The van der Waals surface area contributed by atoms with Crippen LogP contribution in [0.5, 0.6) is 0 Å². The number of hydrogen-bond donors (Lipinski definition) is 1. The zero-order valence-corrected chi connectivity index (χ0v) is 15.0. The van der Waals surface area contributed by atoms with E-state index in [4.69, 9.17) is 0 Å². The van der Waals surface area contributed by atoms with Crippen LogP contribution in [0.15, 0.2) is 30.9 Å². The highest BCUT2D eigenvalue weighted by Crippen LogP contribution is 2.25. The van der Waals surface area contributed by atoms with Crippen LogP contribution in [0.4, 0.5) is 5.95 Å². The molecule has 0 unspecified atom stereocenters. The predicted molar refractivity (Wildman–Crippen MR) is 99.5 cm³/mol. The lowest BCUT2D eigenvalue weighted by molar-refractivity contribution is 0.311. The summed E-state index contributed by atoms with van der Waals surface area (Å²) >= 11 is 2.31. The lowest BCUT2D eigenvalue weighted by Gasteiger charge is -2.32. The molecule has 0 saturated carbocycles. The maximum absolute atomic E-state index is 4.55. The molecule has 1 N–H and O–H groups in total. The fraction of sp³-hybridized carbons (Fsp3) is 0.312. The molecular formula is C16H17IN6. The predicted octanol–water partition coefficient (Wildman–Crippen LogP) is 2.38. The van der Waals surface area contributed by atoms with Crippen LogP contribution in [-0.4, -0.2) is 58.1 Å². The van der Waals surface area contributed by atoms with Gasteiger partial charge in [-0.3, -0.25) is 0 Å². The average Bonchev–Trinajstić information content (AvgIpc) is 2.96. The normalized spacial score (nSPS) is 16.2.